The Hall–Kier alpha value is -0.0500. The lowest BCUT2D eigenvalue weighted by molar-refractivity contribution is -0.122. The van der Waals surface area contributed by atoms with Crippen molar-refractivity contribution in [1.82, 2.24) is 5.32 Å². The van der Waals surface area contributed by atoms with E-state index in [4.69, 9.17) is 0 Å². The SMILES string of the molecule is CC(C)CC(Br)CNC(=O)C1C2CCCCC21. The molecule has 0 aromatic carbocycles. The number of alkyl halides is 1. The minimum absolute atomic E-state index is 0.315. The van der Waals surface area contributed by atoms with Gasteiger partial charge in [-0.25, -0.2) is 0 Å². The minimum Gasteiger partial charge on any atom is -0.355 e. The number of carbonyl (C=O) groups is 1. The summed E-state index contributed by atoms with van der Waals surface area (Å²) in [5, 5.41) is 3.12. The van der Waals surface area contributed by atoms with Gasteiger partial charge in [0.15, 0.2) is 0 Å². The first-order valence-corrected chi connectivity index (χ1v) is 7.93. The molecule has 1 amide bonds. The maximum atomic E-state index is 12.0. The Labute approximate surface area is 113 Å². The highest BCUT2D eigenvalue weighted by atomic mass is 79.9. The summed E-state index contributed by atoms with van der Waals surface area (Å²) in [5.41, 5.74) is 0. The molecule has 2 saturated carbocycles. The fourth-order valence-electron chi connectivity index (χ4n) is 3.31. The number of hydrogen-bond acceptors (Lipinski definition) is 1. The Kier molecular flexibility index (Phi) is 4.51. The zero-order chi connectivity index (χ0) is 12.4. The molecule has 1 N–H and O–H groups in total. The van der Waals surface area contributed by atoms with Gasteiger partial charge in [0, 0.05) is 17.3 Å². The fraction of sp³-hybridized carbons (Fsp3) is 0.929. The molecule has 0 aliphatic heterocycles. The molecule has 0 bridgehead atoms. The molecule has 3 unspecified atom stereocenters. The molecule has 2 aliphatic rings. The van der Waals surface area contributed by atoms with Crippen LogP contribution in [-0.2, 0) is 4.79 Å². The van der Waals surface area contributed by atoms with Crippen LogP contribution in [-0.4, -0.2) is 17.3 Å². The van der Waals surface area contributed by atoms with Crippen molar-refractivity contribution < 1.29 is 4.79 Å². The van der Waals surface area contributed by atoms with Gasteiger partial charge in [0.25, 0.3) is 0 Å². The van der Waals surface area contributed by atoms with Crippen LogP contribution in [0.4, 0.5) is 0 Å². The molecule has 0 aromatic heterocycles. The van der Waals surface area contributed by atoms with Crippen LogP contribution in [0, 0.1) is 23.7 Å². The molecule has 98 valence electrons. The van der Waals surface area contributed by atoms with Gasteiger partial charge in [-0.05, 0) is 37.0 Å². The smallest absolute Gasteiger partial charge is 0.223 e. The van der Waals surface area contributed by atoms with Crippen LogP contribution in [0.15, 0.2) is 0 Å². The van der Waals surface area contributed by atoms with Crippen LogP contribution in [0.2, 0.25) is 0 Å². The molecule has 0 heterocycles. The first-order chi connectivity index (χ1) is 8.09. The summed E-state index contributed by atoms with van der Waals surface area (Å²) >= 11 is 3.64. The molecule has 2 rings (SSSR count). The molecule has 17 heavy (non-hydrogen) atoms. The summed E-state index contributed by atoms with van der Waals surface area (Å²) in [4.78, 5) is 12.5. The van der Waals surface area contributed by atoms with Gasteiger partial charge in [-0.3, -0.25) is 4.79 Å². The number of halogens is 1. The highest BCUT2D eigenvalue weighted by molar-refractivity contribution is 9.09. The van der Waals surface area contributed by atoms with Crippen molar-refractivity contribution in [2.24, 2.45) is 23.7 Å². The quantitative estimate of drug-likeness (QED) is 0.775. The van der Waals surface area contributed by atoms with Crippen molar-refractivity contribution in [3.8, 4) is 0 Å². The molecule has 2 aliphatic carbocycles. The van der Waals surface area contributed by atoms with E-state index in [1.807, 2.05) is 0 Å². The van der Waals surface area contributed by atoms with E-state index in [1.165, 1.54) is 25.7 Å². The number of fused-ring (bicyclic) bond motifs is 1. The molecular weight excluding hydrogens is 278 g/mol. The van der Waals surface area contributed by atoms with E-state index in [9.17, 15) is 4.79 Å². The lowest BCUT2D eigenvalue weighted by Gasteiger charge is -2.13. The maximum Gasteiger partial charge on any atom is 0.223 e. The largest absolute Gasteiger partial charge is 0.355 e. The predicted molar refractivity (Wildman–Crippen MR) is 74.1 cm³/mol. The minimum atomic E-state index is 0.315. The maximum absolute atomic E-state index is 12.0. The molecule has 2 nitrogen and oxygen atoms in total. The number of hydrogen-bond donors (Lipinski definition) is 1. The van der Waals surface area contributed by atoms with Crippen molar-refractivity contribution in [3.63, 3.8) is 0 Å². The van der Waals surface area contributed by atoms with Crippen LogP contribution in [0.3, 0.4) is 0 Å². The van der Waals surface area contributed by atoms with E-state index in [1.54, 1.807) is 0 Å². The molecular formula is C14H24BrNO. The highest BCUT2D eigenvalue weighted by Crippen LogP contribution is 2.55. The van der Waals surface area contributed by atoms with Crippen molar-refractivity contribution in [2.75, 3.05) is 6.54 Å². The van der Waals surface area contributed by atoms with Crippen LogP contribution >= 0.6 is 15.9 Å². The highest BCUT2D eigenvalue weighted by Gasteiger charge is 2.54. The molecule has 3 atom stereocenters. The monoisotopic (exact) mass is 301 g/mol. The number of nitrogens with one attached hydrogen (secondary N) is 1. The van der Waals surface area contributed by atoms with Gasteiger partial charge in [0.05, 0.1) is 0 Å². The average molecular weight is 302 g/mol. The lowest BCUT2D eigenvalue weighted by atomic mass is 10.0. The van der Waals surface area contributed by atoms with Gasteiger partial charge in [0.1, 0.15) is 0 Å². The van der Waals surface area contributed by atoms with Gasteiger partial charge in [0.2, 0.25) is 5.91 Å². The van der Waals surface area contributed by atoms with Gasteiger partial charge < -0.3 is 5.32 Å². The van der Waals surface area contributed by atoms with Crippen LogP contribution in [0.5, 0.6) is 0 Å². The third-order valence-electron chi connectivity index (χ3n) is 4.18. The molecule has 0 radical (unpaired) electrons. The third kappa shape index (κ3) is 3.46. The standard InChI is InChI=1S/C14H24BrNO/c1-9(2)7-10(15)8-16-14(17)13-11-5-3-4-6-12(11)13/h9-13H,3-8H2,1-2H3,(H,16,17). The van der Waals surface area contributed by atoms with E-state index in [-0.39, 0.29) is 0 Å². The van der Waals surface area contributed by atoms with Gasteiger partial charge in [-0.1, -0.05) is 42.6 Å². The normalized spacial score (nSPS) is 33.1. The Balaban J connectivity index is 1.68. The second kappa shape index (κ2) is 5.73. The molecule has 0 aromatic rings. The van der Waals surface area contributed by atoms with Gasteiger partial charge >= 0.3 is 0 Å². The Morgan fingerprint density at radius 2 is 1.88 bits per heavy atom. The lowest BCUT2D eigenvalue weighted by Crippen LogP contribution is -2.32. The Morgan fingerprint density at radius 1 is 1.29 bits per heavy atom. The predicted octanol–water partition coefficient (Wildman–Crippen LogP) is 3.35. The van der Waals surface area contributed by atoms with Crippen LogP contribution in [0.1, 0.15) is 46.0 Å². The first kappa shape index (κ1) is 13.4. The Morgan fingerprint density at radius 3 is 2.41 bits per heavy atom. The third-order valence-corrected chi connectivity index (χ3v) is 4.88. The summed E-state index contributed by atoms with van der Waals surface area (Å²) in [7, 11) is 0. The van der Waals surface area contributed by atoms with E-state index in [2.05, 4.69) is 35.1 Å². The van der Waals surface area contributed by atoms with E-state index >= 15 is 0 Å². The van der Waals surface area contributed by atoms with Crippen molar-refractivity contribution >= 4 is 21.8 Å². The van der Waals surface area contributed by atoms with Crippen LogP contribution in [0.25, 0.3) is 0 Å². The van der Waals surface area contributed by atoms with Crippen molar-refractivity contribution in [3.05, 3.63) is 0 Å². The van der Waals surface area contributed by atoms with E-state index in [0.717, 1.165) is 24.8 Å². The summed E-state index contributed by atoms with van der Waals surface area (Å²) in [6.45, 7) is 5.21. The summed E-state index contributed by atoms with van der Waals surface area (Å²) in [5.74, 6) is 2.80. The summed E-state index contributed by atoms with van der Waals surface area (Å²) in [6, 6.07) is 0. The summed E-state index contributed by atoms with van der Waals surface area (Å²) < 4.78 is 0. The topological polar surface area (TPSA) is 29.1 Å². The number of rotatable bonds is 5. The number of carbonyl (C=O) groups excluding carboxylic acids is 1. The average Bonchev–Trinajstić information content (AvgIpc) is 2.99. The molecule has 2 fully saturated rings. The summed E-state index contributed by atoms with van der Waals surface area (Å²) in [6.07, 6.45) is 6.36. The van der Waals surface area contributed by atoms with Crippen LogP contribution < -0.4 is 5.32 Å². The second-order valence-electron chi connectivity index (χ2n) is 6.11. The first-order valence-electron chi connectivity index (χ1n) is 7.01. The van der Waals surface area contributed by atoms with Crippen molar-refractivity contribution in [2.45, 2.75) is 50.8 Å². The van der Waals surface area contributed by atoms with E-state index in [0.29, 0.717) is 22.6 Å². The zero-order valence-corrected chi connectivity index (χ0v) is 12.5. The van der Waals surface area contributed by atoms with Gasteiger partial charge in [-0.15, -0.1) is 0 Å². The molecule has 3 heteroatoms. The molecule has 0 saturated heterocycles. The zero-order valence-electron chi connectivity index (χ0n) is 10.9. The van der Waals surface area contributed by atoms with E-state index < -0.39 is 0 Å². The second-order valence-corrected chi connectivity index (χ2v) is 7.40. The molecule has 0 spiro atoms. The Bertz CT molecular complexity index is 267. The van der Waals surface area contributed by atoms with Gasteiger partial charge in [-0.2, -0.15) is 0 Å². The van der Waals surface area contributed by atoms with Crippen molar-refractivity contribution in [1.29, 1.82) is 0 Å². The fourth-order valence-corrected chi connectivity index (χ4v) is 4.21. The number of amides is 1.